The number of amides is 2. The van der Waals surface area contributed by atoms with E-state index < -0.39 is 9.84 Å². The fourth-order valence-corrected chi connectivity index (χ4v) is 6.12. The van der Waals surface area contributed by atoms with Crippen LogP contribution >= 0.6 is 0 Å². The molecule has 2 amide bonds. The van der Waals surface area contributed by atoms with Crippen LogP contribution in [0.5, 0.6) is 0 Å². The quantitative estimate of drug-likeness (QED) is 0.660. The van der Waals surface area contributed by atoms with Gasteiger partial charge in [0.2, 0.25) is 11.8 Å². The summed E-state index contributed by atoms with van der Waals surface area (Å²) in [5, 5.41) is 0. The van der Waals surface area contributed by atoms with Crippen molar-refractivity contribution < 1.29 is 18.0 Å². The molecule has 0 aromatic rings. The summed E-state index contributed by atoms with van der Waals surface area (Å²) >= 11 is 0. The Kier molecular flexibility index (Phi) is 6.55. The Morgan fingerprint density at radius 3 is 1.96 bits per heavy atom. The second-order valence-electron chi connectivity index (χ2n) is 7.87. The van der Waals surface area contributed by atoms with Crippen LogP contribution in [0.15, 0.2) is 0 Å². The molecule has 3 aliphatic heterocycles. The average Bonchev–Trinajstić information content (AvgIpc) is 3.27. The third kappa shape index (κ3) is 5.42. The highest BCUT2D eigenvalue weighted by Crippen LogP contribution is 2.23. The van der Waals surface area contributed by atoms with E-state index >= 15 is 0 Å². The number of hydrogen-bond acceptors (Lipinski definition) is 5. The second kappa shape index (κ2) is 8.69. The lowest BCUT2D eigenvalue weighted by atomic mass is 10.0. The van der Waals surface area contributed by atoms with E-state index in [2.05, 4.69) is 4.90 Å². The van der Waals surface area contributed by atoms with Gasteiger partial charge >= 0.3 is 0 Å². The van der Waals surface area contributed by atoms with Gasteiger partial charge in [0.1, 0.15) is 0 Å². The number of hydrogen-bond donors (Lipinski definition) is 0. The summed E-state index contributed by atoms with van der Waals surface area (Å²) in [4.78, 5) is 30.7. The van der Waals surface area contributed by atoms with Crippen molar-refractivity contribution in [3.63, 3.8) is 0 Å². The molecular weight excluding hydrogens is 354 g/mol. The summed E-state index contributed by atoms with van der Waals surface area (Å²) in [5.74, 6) is 0.930. The minimum atomic E-state index is -2.87. The van der Waals surface area contributed by atoms with Gasteiger partial charge in [0.15, 0.2) is 9.84 Å². The van der Waals surface area contributed by atoms with Crippen molar-refractivity contribution in [1.82, 2.24) is 14.7 Å². The normalized spacial score (nSPS) is 26.4. The van der Waals surface area contributed by atoms with Crippen LogP contribution in [-0.2, 0) is 19.4 Å². The van der Waals surface area contributed by atoms with Crippen LogP contribution in [-0.4, -0.2) is 92.3 Å². The summed E-state index contributed by atoms with van der Waals surface area (Å²) in [7, 11) is -2.87. The molecule has 3 aliphatic rings. The lowest BCUT2D eigenvalue weighted by molar-refractivity contribution is -0.139. The van der Waals surface area contributed by atoms with E-state index in [9.17, 15) is 18.0 Å². The third-order valence-electron chi connectivity index (χ3n) is 5.92. The molecule has 0 aromatic carbocycles. The first-order valence-electron chi connectivity index (χ1n) is 9.91. The van der Waals surface area contributed by atoms with Crippen molar-refractivity contribution in [1.29, 1.82) is 0 Å². The van der Waals surface area contributed by atoms with Crippen molar-refractivity contribution in [2.75, 3.05) is 57.3 Å². The molecule has 1 atom stereocenters. The zero-order valence-corrected chi connectivity index (χ0v) is 16.4. The number of nitrogens with zero attached hydrogens (tertiary/aromatic N) is 3. The predicted molar refractivity (Wildman–Crippen MR) is 99.4 cm³/mol. The Balaban J connectivity index is 1.33. The van der Waals surface area contributed by atoms with Crippen LogP contribution in [0.2, 0.25) is 0 Å². The van der Waals surface area contributed by atoms with E-state index in [1.165, 1.54) is 12.8 Å². The Labute approximate surface area is 156 Å². The molecule has 7 nitrogen and oxygen atoms in total. The molecule has 0 aliphatic carbocycles. The van der Waals surface area contributed by atoms with Crippen LogP contribution in [0.4, 0.5) is 0 Å². The lowest BCUT2D eigenvalue weighted by Crippen LogP contribution is -2.51. The second-order valence-corrected chi connectivity index (χ2v) is 10.1. The van der Waals surface area contributed by atoms with Crippen molar-refractivity contribution in [3.05, 3.63) is 0 Å². The zero-order valence-electron chi connectivity index (χ0n) is 15.6. The van der Waals surface area contributed by atoms with Gasteiger partial charge in [0, 0.05) is 45.6 Å². The van der Waals surface area contributed by atoms with Gasteiger partial charge in [-0.15, -0.1) is 0 Å². The summed E-state index contributed by atoms with van der Waals surface area (Å²) in [6.07, 6.45) is 4.82. The molecule has 3 heterocycles. The highest BCUT2D eigenvalue weighted by molar-refractivity contribution is 7.91. The minimum absolute atomic E-state index is 0.0958. The first-order chi connectivity index (χ1) is 12.4. The van der Waals surface area contributed by atoms with Gasteiger partial charge in [0.05, 0.1) is 11.5 Å². The van der Waals surface area contributed by atoms with E-state index in [1.54, 1.807) is 0 Å². The number of sulfone groups is 1. The van der Waals surface area contributed by atoms with Crippen LogP contribution in [0.3, 0.4) is 0 Å². The monoisotopic (exact) mass is 385 g/mol. The van der Waals surface area contributed by atoms with Crippen molar-refractivity contribution in [2.45, 2.75) is 38.5 Å². The van der Waals surface area contributed by atoms with Gasteiger partial charge in [-0.1, -0.05) is 0 Å². The molecule has 0 N–H and O–H groups in total. The maximum absolute atomic E-state index is 12.4. The molecule has 0 saturated carbocycles. The van der Waals surface area contributed by atoms with Gasteiger partial charge in [-0.3, -0.25) is 9.59 Å². The number of piperazine rings is 1. The molecule has 3 fully saturated rings. The average molecular weight is 386 g/mol. The van der Waals surface area contributed by atoms with Crippen LogP contribution in [0, 0.1) is 5.92 Å². The number of likely N-dealkylation sites (tertiary alicyclic amines) is 1. The molecule has 1 unspecified atom stereocenters. The van der Waals surface area contributed by atoms with Crippen LogP contribution < -0.4 is 0 Å². The van der Waals surface area contributed by atoms with E-state index in [0.717, 1.165) is 19.6 Å². The molecular formula is C18H31N3O4S. The molecule has 0 spiro atoms. The molecule has 26 heavy (non-hydrogen) atoms. The van der Waals surface area contributed by atoms with Crippen LogP contribution in [0.25, 0.3) is 0 Å². The van der Waals surface area contributed by atoms with Gasteiger partial charge in [-0.25, -0.2) is 8.42 Å². The Bertz CT molecular complexity index is 608. The maximum Gasteiger partial charge on any atom is 0.223 e. The highest BCUT2D eigenvalue weighted by Gasteiger charge is 2.29. The Hall–Kier alpha value is -1.15. The molecule has 3 saturated heterocycles. The number of carbonyl (C=O) groups excluding carboxylic acids is 2. The van der Waals surface area contributed by atoms with Crippen molar-refractivity contribution in [3.8, 4) is 0 Å². The van der Waals surface area contributed by atoms with Gasteiger partial charge in [-0.05, 0) is 44.7 Å². The standard InChI is InChI=1S/C18H31N3O4S/c22-17(4-3-16-6-14-26(24,25)15-16)20-10-12-21(13-11-20)18(23)5-9-19-7-1-2-8-19/h16H,1-15H2. The fraction of sp³-hybridized carbons (Fsp3) is 0.889. The van der Waals surface area contributed by atoms with E-state index in [0.29, 0.717) is 51.9 Å². The molecule has 0 aromatic heterocycles. The smallest absolute Gasteiger partial charge is 0.223 e. The van der Waals surface area contributed by atoms with Gasteiger partial charge < -0.3 is 14.7 Å². The van der Waals surface area contributed by atoms with E-state index in [1.807, 2.05) is 9.80 Å². The summed E-state index contributed by atoms with van der Waals surface area (Å²) in [6.45, 7) is 5.48. The van der Waals surface area contributed by atoms with Gasteiger partial charge in [-0.2, -0.15) is 0 Å². The molecule has 0 bridgehead atoms. The molecule has 8 heteroatoms. The SMILES string of the molecule is O=C(CCC1CCS(=O)(=O)C1)N1CCN(C(=O)CCN2CCCC2)CC1. The van der Waals surface area contributed by atoms with Gasteiger partial charge in [0.25, 0.3) is 0 Å². The predicted octanol–water partition coefficient (Wildman–Crippen LogP) is 0.358. The largest absolute Gasteiger partial charge is 0.339 e. The Morgan fingerprint density at radius 2 is 1.42 bits per heavy atom. The minimum Gasteiger partial charge on any atom is -0.339 e. The first kappa shape index (κ1) is 19.6. The highest BCUT2D eigenvalue weighted by atomic mass is 32.2. The van der Waals surface area contributed by atoms with Crippen molar-refractivity contribution >= 4 is 21.7 Å². The molecule has 0 radical (unpaired) electrons. The molecule has 3 rings (SSSR count). The summed E-state index contributed by atoms with van der Waals surface area (Å²) < 4.78 is 23.0. The van der Waals surface area contributed by atoms with E-state index in [4.69, 9.17) is 0 Å². The molecule has 148 valence electrons. The maximum atomic E-state index is 12.4. The third-order valence-corrected chi connectivity index (χ3v) is 7.76. The van der Waals surface area contributed by atoms with E-state index in [-0.39, 0.29) is 29.2 Å². The first-order valence-corrected chi connectivity index (χ1v) is 11.7. The summed E-state index contributed by atoms with van der Waals surface area (Å²) in [6, 6.07) is 0. The topological polar surface area (TPSA) is 78.0 Å². The fourth-order valence-electron chi connectivity index (χ4n) is 4.21. The Morgan fingerprint density at radius 1 is 0.846 bits per heavy atom. The zero-order chi connectivity index (χ0) is 18.6. The van der Waals surface area contributed by atoms with Crippen LogP contribution in [0.1, 0.15) is 38.5 Å². The van der Waals surface area contributed by atoms with Crippen molar-refractivity contribution in [2.24, 2.45) is 5.92 Å². The summed E-state index contributed by atoms with van der Waals surface area (Å²) in [5.41, 5.74) is 0. The number of rotatable bonds is 6. The number of carbonyl (C=O) groups is 2. The lowest BCUT2D eigenvalue weighted by Gasteiger charge is -2.35.